The maximum atomic E-state index is 13.3. The number of aliphatic carboxylic acids is 1. The summed E-state index contributed by atoms with van der Waals surface area (Å²) >= 11 is 0. The lowest BCUT2D eigenvalue weighted by Crippen LogP contribution is -2.39. The number of rotatable bonds is 15. The van der Waals surface area contributed by atoms with Crippen LogP contribution in [0.3, 0.4) is 0 Å². The van der Waals surface area contributed by atoms with Gasteiger partial charge in [-0.2, -0.15) is 0 Å². The number of carboxylic acid groups (broad SMARTS) is 1. The smallest absolute Gasteiger partial charge is 0.326 e. The Hall–Kier alpha value is -4.91. The predicted octanol–water partition coefficient (Wildman–Crippen LogP) is 7.81. The van der Waals surface area contributed by atoms with E-state index in [0.29, 0.717) is 34.6 Å². The van der Waals surface area contributed by atoms with Crippen molar-refractivity contribution in [2.75, 3.05) is 23.8 Å². The average Bonchev–Trinajstić information content (AvgIpc) is 3.06. The van der Waals surface area contributed by atoms with Crippen molar-refractivity contribution in [2.45, 2.75) is 51.5 Å². The van der Waals surface area contributed by atoms with Gasteiger partial charge in [0.15, 0.2) is 5.78 Å². The summed E-state index contributed by atoms with van der Waals surface area (Å²) in [6.45, 7) is 2.75. The van der Waals surface area contributed by atoms with Crippen LogP contribution >= 0.6 is 0 Å². The lowest BCUT2D eigenvalue weighted by molar-refractivity contribution is -0.137. The zero-order valence-electron chi connectivity index (χ0n) is 25.5. The first kappa shape index (κ1) is 32.0. The minimum Gasteiger partial charge on any atom is -0.480 e. The zero-order valence-corrected chi connectivity index (χ0v) is 25.5. The van der Waals surface area contributed by atoms with E-state index in [9.17, 15) is 19.5 Å². The van der Waals surface area contributed by atoms with E-state index in [1.807, 2.05) is 54.6 Å². The molecule has 228 valence electrons. The largest absolute Gasteiger partial charge is 0.480 e. The molecular formula is C37H41N3O4. The molecule has 0 saturated carbocycles. The van der Waals surface area contributed by atoms with E-state index in [1.54, 1.807) is 60.5 Å². The molecular weight excluding hydrogens is 550 g/mol. The summed E-state index contributed by atoms with van der Waals surface area (Å²) in [5.74, 6) is -1.26. The van der Waals surface area contributed by atoms with Crippen LogP contribution < -0.4 is 15.5 Å². The predicted molar refractivity (Wildman–Crippen MR) is 178 cm³/mol. The van der Waals surface area contributed by atoms with Crippen molar-refractivity contribution in [3.8, 4) is 11.1 Å². The SMILES string of the molecule is CCCCCCCNC(=O)N(C)c1cc(-c2ccccc2)ccc1C[C@H](Nc1ccccc1C(=O)c1ccccc1)C(=O)O. The van der Waals surface area contributed by atoms with Crippen molar-refractivity contribution in [3.05, 3.63) is 120 Å². The van der Waals surface area contributed by atoms with Gasteiger partial charge in [-0.1, -0.05) is 118 Å². The van der Waals surface area contributed by atoms with Gasteiger partial charge in [-0.05, 0) is 41.3 Å². The van der Waals surface area contributed by atoms with E-state index in [4.69, 9.17) is 0 Å². The molecule has 0 bridgehead atoms. The lowest BCUT2D eigenvalue weighted by Gasteiger charge is -2.25. The zero-order chi connectivity index (χ0) is 31.3. The summed E-state index contributed by atoms with van der Waals surface area (Å²) in [4.78, 5) is 40.7. The Morgan fingerprint density at radius 2 is 1.43 bits per heavy atom. The molecule has 0 spiro atoms. The highest BCUT2D eigenvalue weighted by atomic mass is 16.4. The molecule has 0 fully saturated rings. The van der Waals surface area contributed by atoms with Gasteiger partial charge in [-0.3, -0.25) is 9.69 Å². The van der Waals surface area contributed by atoms with Gasteiger partial charge in [0.25, 0.3) is 0 Å². The Morgan fingerprint density at radius 3 is 2.14 bits per heavy atom. The van der Waals surface area contributed by atoms with Gasteiger partial charge in [0.1, 0.15) is 6.04 Å². The van der Waals surface area contributed by atoms with E-state index in [0.717, 1.165) is 36.8 Å². The number of para-hydroxylation sites is 1. The van der Waals surface area contributed by atoms with Crippen molar-refractivity contribution in [2.24, 2.45) is 0 Å². The van der Waals surface area contributed by atoms with Crippen LogP contribution in [0.1, 0.15) is 60.5 Å². The highest BCUT2D eigenvalue weighted by Crippen LogP contribution is 2.30. The molecule has 0 aromatic heterocycles. The van der Waals surface area contributed by atoms with Crippen molar-refractivity contribution in [3.63, 3.8) is 0 Å². The Labute approximate surface area is 259 Å². The van der Waals surface area contributed by atoms with Crippen LogP contribution in [0, 0.1) is 0 Å². The maximum absolute atomic E-state index is 13.3. The highest BCUT2D eigenvalue weighted by molar-refractivity contribution is 6.12. The van der Waals surface area contributed by atoms with Crippen molar-refractivity contribution in [1.29, 1.82) is 0 Å². The standard InChI is InChI=1S/C37H41N3O4/c1-3-4-5-6-15-24-38-37(44)40(2)34-26-29(27-16-9-7-10-17-27)22-23-30(34)25-33(36(42)43)39-32-21-14-13-20-31(32)35(41)28-18-11-8-12-19-28/h7-14,16-23,26,33,39H,3-6,15,24-25H2,1-2H3,(H,38,44)(H,42,43)/t33-/m0/s1. The molecule has 0 radical (unpaired) electrons. The average molecular weight is 592 g/mol. The second kappa shape index (κ2) is 16.1. The van der Waals surface area contributed by atoms with Gasteiger partial charge >= 0.3 is 12.0 Å². The van der Waals surface area contributed by atoms with E-state index in [1.165, 1.54) is 6.42 Å². The number of hydrogen-bond acceptors (Lipinski definition) is 4. The van der Waals surface area contributed by atoms with Crippen LogP contribution in [-0.2, 0) is 11.2 Å². The second-order valence-corrected chi connectivity index (χ2v) is 10.9. The number of urea groups is 1. The first-order valence-electron chi connectivity index (χ1n) is 15.3. The van der Waals surface area contributed by atoms with Crippen molar-refractivity contribution in [1.82, 2.24) is 5.32 Å². The number of ketones is 1. The van der Waals surface area contributed by atoms with Gasteiger partial charge in [-0.25, -0.2) is 9.59 Å². The van der Waals surface area contributed by atoms with Gasteiger partial charge in [-0.15, -0.1) is 0 Å². The third-order valence-electron chi connectivity index (χ3n) is 7.67. The molecule has 4 aromatic rings. The van der Waals surface area contributed by atoms with Crippen molar-refractivity contribution < 1.29 is 19.5 Å². The normalized spacial score (nSPS) is 11.4. The first-order valence-corrected chi connectivity index (χ1v) is 15.3. The van der Waals surface area contributed by atoms with Crippen LogP contribution in [-0.4, -0.2) is 42.5 Å². The first-order chi connectivity index (χ1) is 21.4. The number of hydrogen-bond donors (Lipinski definition) is 3. The number of nitrogens with zero attached hydrogens (tertiary/aromatic N) is 1. The quantitative estimate of drug-likeness (QED) is 0.0968. The number of anilines is 2. The molecule has 4 rings (SSSR count). The summed E-state index contributed by atoms with van der Waals surface area (Å²) in [7, 11) is 1.71. The number of amides is 2. The summed E-state index contributed by atoms with van der Waals surface area (Å²) in [5, 5.41) is 16.4. The van der Waals surface area contributed by atoms with E-state index >= 15 is 0 Å². The fourth-order valence-corrected chi connectivity index (χ4v) is 5.17. The molecule has 0 heterocycles. The molecule has 0 aliphatic heterocycles. The van der Waals surface area contributed by atoms with Crippen LogP contribution in [0.2, 0.25) is 0 Å². The Balaban J connectivity index is 1.60. The van der Waals surface area contributed by atoms with Gasteiger partial charge < -0.3 is 15.7 Å². The molecule has 0 aliphatic carbocycles. The second-order valence-electron chi connectivity index (χ2n) is 10.9. The molecule has 7 nitrogen and oxygen atoms in total. The van der Waals surface area contributed by atoms with E-state index < -0.39 is 12.0 Å². The number of nitrogens with one attached hydrogen (secondary N) is 2. The minimum absolute atomic E-state index is 0.0856. The van der Waals surface area contributed by atoms with Crippen LogP contribution in [0.25, 0.3) is 11.1 Å². The number of benzene rings is 4. The molecule has 0 unspecified atom stereocenters. The van der Waals surface area contributed by atoms with E-state index in [2.05, 4.69) is 17.6 Å². The molecule has 7 heteroatoms. The number of carbonyl (C=O) groups is 3. The highest BCUT2D eigenvalue weighted by Gasteiger charge is 2.24. The van der Waals surface area contributed by atoms with Gasteiger partial charge in [0.05, 0.1) is 0 Å². The maximum Gasteiger partial charge on any atom is 0.326 e. The van der Waals surface area contributed by atoms with Gasteiger partial charge in [0, 0.05) is 42.5 Å². The van der Waals surface area contributed by atoms with Crippen molar-refractivity contribution >= 4 is 29.2 Å². The van der Waals surface area contributed by atoms with Crippen LogP contribution in [0.4, 0.5) is 16.2 Å². The molecule has 2 amide bonds. The Kier molecular flexibility index (Phi) is 11.7. The van der Waals surface area contributed by atoms with E-state index in [-0.39, 0.29) is 18.2 Å². The van der Waals surface area contributed by atoms with Gasteiger partial charge in [0.2, 0.25) is 0 Å². The van der Waals surface area contributed by atoms with Crippen LogP contribution in [0.15, 0.2) is 103 Å². The number of unbranched alkanes of at least 4 members (excludes halogenated alkanes) is 4. The molecule has 3 N–H and O–H groups in total. The minimum atomic E-state index is -1.07. The Bertz CT molecular complexity index is 1540. The number of carbonyl (C=O) groups excluding carboxylic acids is 2. The third-order valence-corrected chi connectivity index (χ3v) is 7.67. The summed E-state index contributed by atoms with van der Waals surface area (Å²) in [5.41, 5.74) is 4.57. The Morgan fingerprint density at radius 1 is 0.773 bits per heavy atom. The monoisotopic (exact) mass is 591 g/mol. The fourth-order valence-electron chi connectivity index (χ4n) is 5.17. The molecule has 0 saturated heterocycles. The summed E-state index contributed by atoms with van der Waals surface area (Å²) in [6, 6.07) is 30.1. The third kappa shape index (κ3) is 8.57. The molecule has 0 aliphatic rings. The molecule has 44 heavy (non-hydrogen) atoms. The fraction of sp³-hybridized carbons (Fsp3) is 0.270. The topological polar surface area (TPSA) is 98.7 Å². The number of carboxylic acids is 1. The van der Waals surface area contributed by atoms with Crippen LogP contribution in [0.5, 0.6) is 0 Å². The summed E-state index contributed by atoms with van der Waals surface area (Å²) < 4.78 is 0. The summed E-state index contributed by atoms with van der Waals surface area (Å²) in [6.07, 6.45) is 5.55. The molecule has 4 aromatic carbocycles. The lowest BCUT2D eigenvalue weighted by atomic mass is 9.97. The molecule has 1 atom stereocenters.